The van der Waals surface area contributed by atoms with Crippen molar-refractivity contribution in [3.8, 4) is 5.75 Å². The van der Waals surface area contributed by atoms with Crippen LogP contribution in [0.15, 0.2) is 59.8 Å². The van der Waals surface area contributed by atoms with Crippen molar-refractivity contribution < 1.29 is 17.9 Å². The zero-order chi connectivity index (χ0) is 24.5. The van der Waals surface area contributed by atoms with Crippen LogP contribution in [0.1, 0.15) is 30.5 Å². The van der Waals surface area contributed by atoms with Crippen molar-refractivity contribution in [2.24, 2.45) is 0 Å². The van der Waals surface area contributed by atoms with Crippen molar-refractivity contribution in [1.82, 2.24) is 19.6 Å². The standard InChI is InChI=1S/C23H24ClN5O4S/c1-3-33-18-7-4-6-17-16(18)14-29(13-15-10-11-19(24)26-12-15)23(17,2)22(30)28-34(31,32)21-9-5-8-20(25)27-21/h4-12H,3,13-14H2,1-2H3,(H2,25,27)(H,28,30). The van der Waals surface area contributed by atoms with Crippen LogP contribution in [-0.2, 0) is 33.4 Å². The van der Waals surface area contributed by atoms with Gasteiger partial charge in [-0.2, -0.15) is 8.42 Å². The summed E-state index contributed by atoms with van der Waals surface area (Å²) >= 11 is 5.92. The highest BCUT2D eigenvalue weighted by molar-refractivity contribution is 7.90. The molecular formula is C23H24ClN5O4S. The van der Waals surface area contributed by atoms with E-state index in [0.29, 0.717) is 36.2 Å². The molecule has 1 atom stereocenters. The molecule has 178 valence electrons. The summed E-state index contributed by atoms with van der Waals surface area (Å²) in [5.74, 6) is -0.0341. The molecule has 0 aliphatic carbocycles. The molecule has 3 heterocycles. The minimum Gasteiger partial charge on any atom is -0.494 e. The smallest absolute Gasteiger partial charge is 0.281 e. The fourth-order valence-corrected chi connectivity index (χ4v) is 5.19. The maximum Gasteiger partial charge on any atom is 0.281 e. The van der Waals surface area contributed by atoms with Crippen molar-refractivity contribution in [3.63, 3.8) is 0 Å². The van der Waals surface area contributed by atoms with E-state index in [-0.39, 0.29) is 10.8 Å². The van der Waals surface area contributed by atoms with Crippen LogP contribution in [0.25, 0.3) is 0 Å². The van der Waals surface area contributed by atoms with Gasteiger partial charge in [-0.25, -0.2) is 14.7 Å². The Hall–Kier alpha value is -3.21. The molecule has 9 nitrogen and oxygen atoms in total. The maximum atomic E-state index is 13.7. The Bertz CT molecular complexity index is 1330. The third kappa shape index (κ3) is 4.44. The number of pyridine rings is 2. The van der Waals surface area contributed by atoms with E-state index in [2.05, 4.69) is 14.7 Å². The van der Waals surface area contributed by atoms with Gasteiger partial charge >= 0.3 is 0 Å². The molecule has 34 heavy (non-hydrogen) atoms. The molecular weight excluding hydrogens is 478 g/mol. The van der Waals surface area contributed by atoms with E-state index in [1.807, 2.05) is 30.0 Å². The van der Waals surface area contributed by atoms with E-state index in [1.165, 1.54) is 18.2 Å². The summed E-state index contributed by atoms with van der Waals surface area (Å²) in [6, 6.07) is 13.1. The van der Waals surface area contributed by atoms with E-state index in [9.17, 15) is 13.2 Å². The van der Waals surface area contributed by atoms with E-state index >= 15 is 0 Å². The molecule has 0 saturated heterocycles. The first-order valence-electron chi connectivity index (χ1n) is 10.6. The average molecular weight is 502 g/mol. The minimum absolute atomic E-state index is 0.0333. The molecule has 2 aromatic heterocycles. The van der Waals surface area contributed by atoms with Crippen molar-refractivity contribution >= 4 is 33.3 Å². The number of halogens is 1. The first-order valence-corrected chi connectivity index (χ1v) is 12.4. The quantitative estimate of drug-likeness (QED) is 0.473. The lowest BCUT2D eigenvalue weighted by Crippen LogP contribution is -2.52. The Morgan fingerprint density at radius 2 is 2.00 bits per heavy atom. The molecule has 0 spiro atoms. The first-order chi connectivity index (χ1) is 16.1. The van der Waals surface area contributed by atoms with Crippen LogP contribution < -0.4 is 15.2 Å². The lowest BCUT2D eigenvalue weighted by molar-refractivity contribution is -0.131. The topological polar surface area (TPSA) is 128 Å². The molecule has 11 heteroatoms. The molecule has 3 aromatic rings. The normalized spacial score (nSPS) is 17.9. The number of benzene rings is 1. The minimum atomic E-state index is -4.26. The molecule has 0 bridgehead atoms. The lowest BCUT2D eigenvalue weighted by atomic mass is 9.90. The molecule has 3 N–H and O–H groups in total. The summed E-state index contributed by atoms with van der Waals surface area (Å²) in [5.41, 5.74) is 6.61. The summed E-state index contributed by atoms with van der Waals surface area (Å²) in [5, 5.41) is 0.0208. The third-order valence-corrected chi connectivity index (χ3v) is 7.25. The highest BCUT2D eigenvalue weighted by Crippen LogP contribution is 2.44. The molecule has 0 saturated carbocycles. The SMILES string of the molecule is CCOc1cccc2c1CN(Cc1ccc(Cl)nc1)C2(C)C(=O)NS(=O)(=O)c1cccc(N)n1. The number of aromatic nitrogens is 2. The van der Waals surface area contributed by atoms with Gasteiger partial charge in [0.25, 0.3) is 15.9 Å². The number of nitrogens with one attached hydrogen (secondary N) is 1. The number of ether oxygens (including phenoxy) is 1. The van der Waals surface area contributed by atoms with Gasteiger partial charge in [-0.15, -0.1) is 0 Å². The zero-order valence-corrected chi connectivity index (χ0v) is 20.2. The van der Waals surface area contributed by atoms with Gasteiger partial charge in [-0.3, -0.25) is 9.69 Å². The Kier molecular flexibility index (Phi) is 6.48. The number of hydrogen-bond acceptors (Lipinski definition) is 8. The summed E-state index contributed by atoms with van der Waals surface area (Å²) in [6.07, 6.45) is 1.63. The van der Waals surface area contributed by atoms with Gasteiger partial charge in [0.1, 0.15) is 22.3 Å². The number of rotatable bonds is 7. The fraction of sp³-hybridized carbons (Fsp3) is 0.261. The number of anilines is 1. The summed E-state index contributed by atoms with van der Waals surface area (Å²) < 4.78 is 33.9. The highest BCUT2D eigenvalue weighted by Gasteiger charge is 2.49. The number of amides is 1. The van der Waals surface area contributed by atoms with Gasteiger partial charge in [-0.1, -0.05) is 35.9 Å². The van der Waals surface area contributed by atoms with Gasteiger partial charge in [0.15, 0.2) is 5.03 Å². The van der Waals surface area contributed by atoms with Gasteiger partial charge in [0.05, 0.1) is 6.61 Å². The second-order valence-corrected chi connectivity index (χ2v) is 9.98. The predicted molar refractivity (Wildman–Crippen MR) is 127 cm³/mol. The van der Waals surface area contributed by atoms with Gasteiger partial charge < -0.3 is 10.5 Å². The monoisotopic (exact) mass is 501 g/mol. The molecule has 4 rings (SSSR count). The third-order valence-electron chi connectivity index (χ3n) is 5.79. The molecule has 0 radical (unpaired) electrons. The molecule has 1 aliphatic rings. The number of fused-ring (bicyclic) bond motifs is 1. The predicted octanol–water partition coefficient (Wildman–Crippen LogP) is 2.85. The van der Waals surface area contributed by atoms with Crippen LogP contribution in [0, 0.1) is 0 Å². The number of nitrogens with zero attached hydrogens (tertiary/aromatic N) is 3. The second kappa shape index (κ2) is 9.21. The lowest BCUT2D eigenvalue weighted by Gasteiger charge is -2.34. The largest absolute Gasteiger partial charge is 0.494 e. The van der Waals surface area contributed by atoms with E-state index in [1.54, 1.807) is 25.3 Å². The number of carbonyl (C=O) groups is 1. The number of hydrogen-bond donors (Lipinski definition) is 2. The fourth-order valence-electron chi connectivity index (χ4n) is 4.05. The van der Waals surface area contributed by atoms with E-state index in [4.69, 9.17) is 22.1 Å². The Labute approximate surface area is 203 Å². The number of sulfonamides is 1. The number of nitrogens with two attached hydrogens (primary N) is 1. The molecule has 1 aromatic carbocycles. The van der Waals surface area contributed by atoms with Crippen LogP contribution in [0.5, 0.6) is 5.75 Å². The zero-order valence-electron chi connectivity index (χ0n) is 18.7. The van der Waals surface area contributed by atoms with Gasteiger partial charge in [0, 0.05) is 24.8 Å². The average Bonchev–Trinajstić information content (AvgIpc) is 3.09. The van der Waals surface area contributed by atoms with Gasteiger partial charge in [0.2, 0.25) is 0 Å². The van der Waals surface area contributed by atoms with E-state index < -0.39 is 21.5 Å². The Balaban J connectivity index is 1.74. The van der Waals surface area contributed by atoms with Crippen molar-refractivity contribution in [3.05, 3.63) is 76.6 Å². The number of nitrogen functional groups attached to an aromatic ring is 1. The maximum absolute atomic E-state index is 13.7. The number of carbonyl (C=O) groups excluding carboxylic acids is 1. The van der Waals surface area contributed by atoms with Crippen molar-refractivity contribution in [1.29, 1.82) is 0 Å². The van der Waals surface area contributed by atoms with Crippen molar-refractivity contribution in [2.45, 2.75) is 37.5 Å². The first kappa shape index (κ1) is 23.9. The Morgan fingerprint density at radius 3 is 2.68 bits per heavy atom. The van der Waals surface area contributed by atoms with Crippen LogP contribution in [-0.4, -0.2) is 35.8 Å². The summed E-state index contributed by atoms with van der Waals surface area (Å²) in [4.78, 5) is 23.5. The molecule has 1 aliphatic heterocycles. The Morgan fingerprint density at radius 1 is 1.24 bits per heavy atom. The highest BCUT2D eigenvalue weighted by atomic mass is 35.5. The molecule has 1 unspecified atom stereocenters. The van der Waals surface area contributed by atoms with Crippen molar-refractivity contribution in [2.75, 3.05) is 12.3 Å². The molecule has 0 fully saturated rings. The summed E-state index contributed by atoms with van der Waals surface area (Å²) in [7, 11) is -4.26. The van der Waals surface area contributed by atoms with Gasteiger partial charge in [-0.05, 0) is 49.2 Å². The second-order valence-electron chi connectivity index (χ2n) is 7.97. The van der Waals surface area contributed by atoms with Crippen LogP contribution >= 0.6 is 11.6 Å². The van der Waals surface area contributed by atoms with Crippen LogP contribution in [0.4, 0.5) is 5.82 Å². The summed E-state index contributed by atoms with van der Waals surface area (Å²) in [6.45, 7) is 4.72. The van der Waals surface area contributed by atoms with Crippen LogP contribution in [0.2, 0.25) is 5.15 Å². The van der Waals surface area contributed by atoms with E-state index in [0.717, 1.165) is 11.1 Å². The molecule has 1 amide bonds. The van der Waals surface area contributed by atoms with Crippen LogP contribution in [0.3, 0.4) is 0 Å².